The van der Waals surface area contributed by atoms with Crippen molar-refractivity contribution in [1.82, 2.24) is 5.32 Å². The van der Waals surface area contributed by atoms with Crippen LogP contribution in [0.25, 0.3) is 0 Å². The Bertz CT molecular complexity index is 168. The summed E-state index contributed by atoms with van der Waals surface area (Å²) >= 11 is 0. The minimum Gasteiger partial charge on any atom is -0.428 e. The van der Waals surface area contributed by atoms with Crippen LogP contribution in [0.15, 0.2) is 4.99 Å². The molecule has 0 aromatic rings. The normalized spacial score (nSPS) is 6.10. The number of nitrogens with zero attached hydrogens (tertiary/aromatic N) is 1. The first-order chi connectivity index (χ1) is 4.27. The van der Waals surface area contributed by atoms with E-state index in [1.165, 1.54) is 6.92 Å². The molecule has 0 fully saturated rings. The second-order valence-corrected chi connectivity index (χ2v) is 1.33. The number of carbonyl (C=O) groups excluding carboxylic acids is 1. The number of amides is 1. The molecule has 0 aliphatic heterocycles. The number of hydrogen-bond donors (Lipinski definition) is 1. The van der Waals surface area contributed by atoms with Gasteiger partial charge in [0, 0.05) is 38.0 Å². The third-order valence-electron chi connectivity index (χ3n) is 0.569. The Morgan fingerprint density at radius 1 is 1.80 bits per heavy atom. The number of rotatable bonds is 1. The van der Waals surface area contributed by atoms with Crippen molar-refractivity contribution in [3.8, 4) is 12.0 Å². The van der Waals surface area contributed by atoms with Crippen molar-refractivity contribution < 1.29 is 35.9 Å². The molecule has 1 N–H and O–H groups in total. The molecule has 1 amide bonds. The van der Waals surface area contributed by atoms with E-state index < -0.39 is 0 Å². The third-order valence-corrected chi connectivity index (χ3v) is 0.569. The Morgan fingerprint density at radius 3 is 2.80 bits per heavy atom. The summed E-state index contributed by atoms with van der Waals surface area (Å²) in [5.74, 6) is 2.38. The zero-order valence-electron chi connectivity index (χ0n) is 5.64. The van der Waals surface area contributed by atoms with E-state index in [9.17, 15) is 4.79 Å². The average molecular weight is 361 g/mol. The van der Waals surface area contributed by atoms with Crippen LogP contribution < -0.4 is 5.32 Å². The van der Waals surface area contributed by atoms with Crippen molar-refractivity contribution in [2.45, 2.75) is 6.92 Å². The van der Waals surface area contributed by atoms with Crippen LogP contribution in [0.2, 0.25) is 0 Å². The molecule has 0 rings (SSSR count). The second-order valence-electron chi connectivity index (χ2n) is 1.33. The minimum atomic E-state index is -0.110. The maximum Gasteiger partial charge on any atom is 0.217 e. The quantitative estimate of drug-likeness (QED) is 0.388. The Kier molecular flexibility index (Phi) is 10.9. The van der Waals surface area contributed by atoms with Gasteiger partial charge in [0.2, 0.25) is 5.91 Å². The van der Waals surface area contributed by atoms with Crippen LogP contribution in [0.4, 0.5) is 0 Å². The van der Waals surface area contributed by atoms with Gasteiger partial charge in [0.05, 0.1) is 6.54 Å². The van der Waals surface area contributed by atoms with E-state index in [4.69, 9.17) is 0 Å². The average Bonchev–Trinajstić information content (AvgIpc) is 1.80. The van der Waals surface area contributed by atoms with E-state index in [1.54, 1.807) is 0 Å². The van der Waals surface area contributed by atoms with Gasteiger partial charge in [0.15, 0.2) is 0 Å². The summed E-state index contributed by atoms with van der Waals surface area (Å²) in [6.07, 6.45) is 0. The van der Waals surface area contributed by atoms with Crippen LogP contribution in [0.3, 0.4) is 0 Å². The van der Waals surface area contributed by atoms with Gasteiger partial charge in [-0.05, 0) is 0 Å². The zero-order valence-corrected chi connectivity index (χ0v) is 9.80. The molecule has 52 valence electrons. The van der Waals surface area contributed by atoms with Crippen LogP contribution in [-0.4, -0.2) is 19.2 Å². The predicted molar refractivity (Wildman–Crippen MR) is 35.0 cm³/mol. The van der Waals surface area contributed by atoms with Crippen molar-refractivity contribution >= 4 is 12.6 Å². The van der Waals surface area contributed by atoms with Crippen LogP contribution in [0, 0.1) is 43.1 Å². The molecule has 0 saturated heterocycles. The molecule has 3 nitrogen and oxygen atoms in total. The number of hydrogen-bond acceptors (Lipinski definition) is 2. The summed E-state index contributed by atoms with van der Waals surface area (Å²) in [7, 11) is 0. The molecule has 10 heavy (non-hydrogen) atoms. The summed E-state index contributed by atoms with van der Waals surface area (Å²) in [4.78, 5) is 13.2. The van der Waals surface area contributed by atoms with E-state index in [0.717, 1.165) is 0 Å². The smallest absolute Gasteiger partial charge is 0.217 e. The molecule has 0 aliphatic rings. The molecule has 4 heteroatoms. The first kappa shape index (κ1) is 12.4. The molecule has 0 unspecified atom stereocenters. The van der Waals surface area contributed by atoms with E-state index in [0.29, 0.717) is 6.54 Å². The van der Waals surface area contributed by atoms with E-state index in [1.807, 2.05) is 0 Å². The summed E-state index contributed by atoms with van der Waals surface area (Å²) in [6, 6.07) is 2.24. The second kappa shape index (κ2) is 8.75. The summed E-state index contributed by atoms with van der Waals surface area (Å²) < 4.78 is 0. The fourth-order valence-corrected chi connectivity index (χ4v) is 0.254. The Hall–Kier alpha value is -0.248. The third kappa shape index (κ3) is 10.7. The van der Waals surface area contributed by atoms with Crippen molar-refractivity contribution in [3.63, 3.8) is 0 Å². The summed E-state index contributed by atoms with van der Waals surface area (Å²) in [5.41, 5.74) is 0. The molecule has 0 radical (unpaired) electrons. The summed E-state index contributed by atoms with van der Waals surface area (Å²) in [5, 5.41) is 2.45. The largest absolute Gasteiger partial charge is 0.428 e. The van der Waals surface area contributed by atoms with Crippen LogP contribution >= 0.6 is 0 Å². The Balaban J connectivity index is 0. The van der Waals surface area contributed by atoms with Gasteiger partial charge in [0.1, 0.15) is 0 Å². The van der Waals surface area contributed by atoms with Gasteiger partial charge < -0.3 is 10.3 Å². The molecule has 0 aromatic carbocycles. The number of carbonyl (C=O) groups is 1. The Labute approximate surface area is 84.0 Å². The first-order valence-electron chi connectivity index (χ1n) is 2.39. The van der Waals surface area contributed by atoms with E-state index in [2.05, 4.69) is 29.0 Å². The molecular weight excluding hydrogens is 354 g/mol. The van der Waals surface area contributed by atoms with Crippen LogP contribution in [0.1, 0.15) is 6.92 Å². The fourth-order valence-electron chi connectivity index (χ4n) is 0.254. The summed E-state index contributed by atoms with van der Waals surface area (Å²) in [6.45, 7) is 6.40. The van der Waals surface area contributed by atoms with Crippen molar-refractivity contribution in [2.75, 3.05) is 6.54 Å². The van der Waals surface area contributed by atoms with Gasteiger partial charge in [-0.15, -0.1) is 0 Å². The van der Waals surface area contributed by atoms with Crippen molar-refractivity contribution in [2.24, 2.45) is 4.99 Å². The van der Waals surface area contributed by atoms with E-state index >= 15 is 0 Å². The van der Waals surface area contributed by atoms with Crippen LogP contribution in [-0.2, 0) is 4.79 Å². The van der Waals surface area contributed by atoms with Gasteiger partial charge in [0.25, 0.3) is 0 Å². The SMILES string of the molecule is [CH-]=NC#CCNC(C)=O.[U]. The predicted octanol–water partition coefficient (Wildman–Crippen LogP) is -0.339. The van der Waals surface area contributed by atoms with Gasteiger partial charge in [-0.3, -0.25) is 4.79 Å². The molecular formula is C6H7N2OU-. The molecule has 0 aromatic heterocycles. The monoisotopic (exact) mass is 361 g/mol. The fraction of sp³-hybridized carbons (Fsp3) is 0.333. The maximum absolute atomic E-state index is 10.2. The molecule has 0 atom stereocenters. The minimum absolute atomic E-state index is 0. The maximum atomic E-state index is 10.2. The molecule has 0 aliphatic carbocycles. The molecule has 0 spiro atoms. The van der Waals surface area contributed by atoms with Gasteiger partial charge in [-0.1, -0.05) is 0 Å². The van der Waals surface area contributed by atoms with Crippen LogP contribution in [0.5, 0.6) is 0 Å². The van der Waals surface area contributed by atoms with Gasteiger partial charge in [-0.25, -0.2) is 6.04 Å². The standard InChI is InChI=1S/C6H7N2O.U/c1-6(9)8-5-3-4-7-2;/h2H,5H2,1H3,(H,8,9);/q-1;. The van der Waals surface area contributed by atoms with Gasteiger partial charge >= 0.3 is 0 Å². The van der Waals surface area contributed by atoms with Crippen molar-refractivity contribution in [1.29, 1.82) is 0 Å². The number of aliphatic imine (C=N–C) groups is 1. The topological polar surface area (TPSA) is 41.5 Å². The molecule has 0 saturated carbocycles. The van der Waals surface area contributed by atoms with Gasteiger partial charge in [-0.2, -0.15) is 12.6 Å². The van der Waals surface area contributed by atoms with E-state index in [-0.39, 0.29) is 37.0 Å². The van der Waals surface area contributed by atoms with Crippen molar-refractivity contribution in [3.05, 3.63) is 0 Å². The Morgan fingerprint density at radius 2 is 2.40 bits per heavy atom. The zero-order chi connectivity index (χ0) is 7.11. The molecule has 0 bridgehead atoms. The molecule has 0 heterocycles. The number of nitrogens with one attached hydrogen (secondary N) is 1. The first-order valence-corrected chi connectivity index (χ1v) is 2.39.